The van der Waals surface area contributed by atoms with Gasteiger partial charge >= 0.3 is 5.97 Å². The summed E-state index contributed by atoms with van der Waals surface area (Å²) in [5, 5.41) is 11.5. The van der Waals surface area contributed by atoms with Gasteiger partial charge in [-0.25, -0.2) is 4.39 Å². The molecular formula is C27H36ClFO5. The summed E-state index contributed by atoms with van der Waals surface area (Å²) in [5.41, 5.74) is -1.24. The second-order valence-electron chi connectivity index (χ2n) is 11.4. The van der Waals surface area contributed by atoms with Gasteiger partial charge in [0.05, 0.1) is 11.0 Å². The highest BCUT2D eigenvalue weighted by atomic mass is 35.5. The van der Waals surface area contributed by atoms with Crippen LogP contribution in [0.25, 0.3) is 0 Å². The molecule has 9 atom stereocenters. The zero-order valence-corrected chi connectivity index (χ0v) is 21.2. The van der Waals surface area contributed by atoms with Gasteiger partial charge in [-0.1, -0.05) is 40.2 Å². The number of carbonyl (C=O) groups is 3. The van der Waals surface area contributed by atoms with Crippen LogP contribution in [0.2, 0.25) is 0 Å². The van der Waals surface area contributed by atoms with Crippen molar-refractivity contribution in [2.24, 2.45) is 34.5 Å². The number of unbranched alkanes of at least 4 members (excludes halogenated alkanes) is 1. The summed E-state index contributed by atoms with van der Waals surface area (Å²) in [6, 6.07) is 0. The fourth-order valence-electron chi connectivity index (χ4n) is 7.89. The number of ketones is 2. The van der Waals surface area contributed by atoms with Gasteiger partial charge < -0.3 is 9.84 Å². The van der Waals surface area contributed by atoms with Gasteiger partial charge in [-0.2, -0.15) is 0 Å². The first-order valence-electron chi connectivity index (χ1n) is 12.5. The molecule has 3 fully saturated rings. The van der Waals surface area contributed by atoms with Crippen molar-refractivity contribution >= 4 is 29.1 Å². The molecule has 0 aliphatic heterocycles. The molecule has 34 heavy (non-hydrogen) atoms. The first kappa shape index (κ1) is 25.6. The number of aliphatic hydroxyl groups is 1. The summed E-state index contributed by atoms with van der Waals surface area (Å²) in [7, 11) is 0. The topological polar surface area (TPSA) is 80.7 Å². The molecule has 0 unspecified atom stereocenters. The summed E-state index contributed by atoms with van der Waals surface area (Å²) >= 11 is 7.34. The van der Waals surface area contributed by atoms with E-state index in [-0.39, 0.29) is 48.3 Å². The first-order chi connectivity index (χ1) is 15.9. The Hall–Kier alpha value is -1.53. The lowest BCUT2D eigenvalue weighted by molar-refractivity contribution is -0.153. The average Bonchev–Trinajstić information content (AvgIpc) is 3.03. The summed E-state index contributed by atoms with van der Waals surface area (Å²) in [4.78, 5) is 36.1. The largest absolute Gasteiger partial charge is 0.458 e. The van der Waals surface area contributed by atoms with E-state index in [1.54, 1.807) is 6.08 Å². The lowest BCUT2D eigenvalue weighted by atomic mass is 9.46. The number of halogens is 2. The highest BCUT2D eigenvalue weighted by Crippen LogP contribution is 2.70. The van der Waals surface area contributed by atoms with Gasteiger partial charge in [0.2, 0.25) is 0 Å². The van der Waals surface area contributed by atoms with Crippen LogP contribution in [0.5, 0.6) is 0 Å². The number of rotatable bonds is 6. The Morgan fingerprint density at radius 3 is 2.65 bits per heavy atom. The van der Waals surface area contributed by atoms with Gasteiger partial charge in [-0.15, -0.1) is 11.6 Å². The van der Waals surface area contributed by atoms with Gasteiger partial charge in [0, 0.05) is 17.8 Å². The molecule has 0 aromatic carbocycles. The minimum atomic E-state index is -1.34. The number of aliphatic hydroxyl groups excluding tert-OH is 1. The van der Waals surface area contributed by atoms with E-state index in [0.29, 0.717) is 24.8 Å². The fraction of sp³-hybridized carbons (Fsp3) is 0.741. The van der Waals surface area contributed by atoms with Crippen molar-refractivity contribution in [2.75, 3.05) is 6.61 Å². The average molecular weight is 495 g/mol. The molecule has 188 valence electrons. The smallest absolute Gasteiger partial charge is 0.306 e. The number of fused-ring (bicyclic) bond motifs is 5. The van der Waals surface area contributed by atoms with Crippen molar-refractivity contribution in [3.8, 4) is 0 Å². The Morgan fingerprint density at radius 2 is 1.97 bits per heavy atom. The maximum absolute atomic E-state index is 15.5. The molecule has 0 spiro atoms. The van der Waals surface area contributed by atoms with E-state index in [1.165, 1.54) is 12.2 Å². The molecule has 0 aromatic heterocycles. The highest BCUT2D eigenvalue weighted by molar-refractivity contribution is 6.26. The van der Waals surface area contributed by atoms with E-state index >= 15 is 4.39 Å². The Labute approximate surface area is 206 Å². The lowest BCUT2D eigenvalue weighted by Gasteiger charge is -2.63. The van der Waals surface area contributed by atoms with Crippen LogP contribution in [-0.4, -0.2) is 46.4 Å². The maximum atomic E-state index is 15.5. The molecule has 0 bridgehead atoms. The van der Waals surface area contributed by atoms with Crippen LogP contribution in [0, 0.1) is 34.5 Å². The van der Waals surface area contributed by atoms with Crippen molar-refractivity contribution in [3.05, 3.63) is 23.8 Å². The predicted molar refractivity (Wildman–Crippen MR) is 127 cm³/mol. The van der Waals surface area contributed by atoms with Gasteiger partial charge in [0.1, 0.15) is 12.8 Å². The monoisotopic (exact) mass is 494 g/mol. The molecule has 0 aromatic rings. The quantitative estimate of drug-likeness (QED) is 0.426. The fourth-order valence-corrected chi connectivity index (χ4v) is 8.38. The van der Waals surface area contributed by atoms with Gasteiger partial charge in [-0.05, 0) is 66.6 Å². The van der Waals surface area contributed by atoms with E-state index in [4.69, 9.17) is 16.3 Å². The summed E-state index contributed by atoms with van der Waals surface area (Å²) in [6.07, 6.45) is 5.07. The van der Waals surface area contributed by atoms with Gasteiger partial charge in [0.25, 0.3) is 0 Å². The summed E-state index contributed by atoms with van der Waals surface area (Å²) in [6.45, 7) is 7.54. The highest BCUT2D eigenvalue weighted by Gasteiger charge is 2.71. The number of allylic oxidation sites excluding steroid dienone is 4. The van der Waals surface area contributed by atoms with Crippen LogP contribution in [0.3, 0.4) is 0 Å². The standard InChI is InChI=1S/C27H36ClFO5/c1-5-6-7-23(33)34-14-21(31)24-15(2)10-17-18-12-20(29)19-11-16(30)8-9-26(19,4)27(18,28)22(32)13-25(17,24)3/h8-9,11,15,17-18,20,22,24,32H,5-7,10,12-14H2,1-4H3/t15-,17+,18+,20+,22+,24-,25+,26+,27+/m1/s1. The molecule has 4 aliphatic carbocycles. The van der Waals surface area contributed by atoms with Crippen molar-refractivity contribution in [1.82, 2.24) is 0 Å². The van der Waals surface area contributed by atoms with Gasteiger partial charge in [0.15, 0.2) is 11.6 Å². The van der Waals surface area contributed by atoms with Crippen LogP contribution in [0.4, 0.5) is 4.39 Å². The zero-order valence-electron chi connectivity index (χ0n) is 20.5. The molecule has 0 radical (unpaired) electrons. The molecule has 0 amide bonds. The normalized spacial score (nSPS) is 45.1. The Morgan fingerprint density at radius 1 is 1.26 bits per heavy atom. The number of carbonyl (C=O) groups excluding carboxylic acids is 3. The summed E-state index contributed by atoms with van der Waals surface area (Å²) in [5.74, 6) is -1.63. The molecule has 4 aliphatic rings. The van der Waals surface area contributed by atoms with E-state index in [1.807, 2.05) is 27.7 Å². The number of ether oxygens (including phenoxy) is 1. The van der Waals surface area contributed by atoms with Crippen molar-refractivity contribution in [3.63, 3.8) is 0 Å². The number of alkyl halides is 2. The molecule has 7 heteroatoms. The number of hydrogen-bond acceptors (Lipinski definition) is 5. The SMILES string of the molecule is CCCCC(=O)OCC(=O)[C@H]1[C@H](C)C[C@H]2[C@@H]3C[C@H](F)C4=CC(=O)C=C[C@]4(C)[C@@]3(Cl)[C@@H](O)C[C@@]21C. The third kappa shape index (κ3) is 3.62. The second kappa shape index (κ2) is 8.85. The van der Waals surface area contributed by atoms with Crippen LogP contribution in [0.1, 0.15) is 66.2 Å². The Balaban J connectivity index is 1.63. The number of hydrogen-bond donors (Lipinski definition) is 1. The third-order valence-corrected chi connectivity index (χ3v) is 10.3. The molecule has 4 rings (SSSR count). The van der Waals surface area contributed by atoms with Crippen LogP contribution in [-0.2, 0) is 19.1 Å². The molecule has 0 saturated heterocycles. The predicted octanol–water partition coefficient (Wildman–Crippen LogP) is 4.74. The molecule has 5 nitrogen and oxygen atoms in total. The van der Waals surface area contributed by atoms with Crippen molar-refractivity contribution in [1.29, 1.82) is 0 Å². The zero-order chi connectivity index (χ0) is 25.1. The van der Waals surface area contributed by atoms with E-state index < -0.39 is 33.9 Å². The van der Waals surface area contributed by atoms with E-state index in [0.717, 1.165) is 12.8 Å². The van der Waals surface area contributed by atoms with Crippen molar-refractivity contribution < 1.29 is 28.6 Å². The maximum Gasteiger partial charge on any atom is 0.306 e. The Bertz CT molecular complexity index is 945. The molecule has 0 heterocycles. The number of Topliss-reactive ketones (excluding diaryl/α,β-unsaturated/α-hetero) is 1. The minimum Gasteiger partial charge on any atom is -0.458 e. The molecular weight excluding hydrogens is 459 g/mol. The third-order valence-electron chi connectivity index (χ3n) is 9.43. The first-order valence-corrected chi connectivity index (χ1v) is 12.9. The summed E-state index contributed by atoms with van der Waals surface area (Å²) < 4.78 is 20.8. The van der Waals surface area contributed by atoms with E-state index in [9.17, 15) is 19.5 Å². The van der Waals surface area contributed by atoms with Crippen molar-refractivity contribution in [2.45, 2.75) is 83.4 Å². The van der Waals surface area contributed by atoms with E-state index in [2.05, 4.69) is 0 Å². The lowest BCUT2D eigenvalue weighted by Crippen LogP contribution is -2.67. The molecule has 3 saturated carbocycles. The molecule has 1 N–H and O–H groups in total. The van der Waals surface area contributed by atoms with Crippen LogP contribution >= 0.6 is 11.6 Å². The minimum absolute atomic E-state index is 0.00524. The van der Waals surface area contributed by atoms with Crippen LogP contribution < -0.4 is 0 Å². The Kier molecular flexibility index (Phi) is 6.65. The van der Waals surface area contributed by atoms with Crippen LogP contribution in [0.15, 0.2) is 23.8 Å². The van der Waals surface area contributed by atoms with Gasteiger partial charge in [-0.3, -0.25) is 14.4 Å². The number of esters is 1. The second-order valence-corrected chi connectivity index (χ2v) is 12.0.